The maximum atomic E-state index is 14.0. The van der Waals surface area contributed by atoms with Gasteiger partial charge in [-0.2, -0.15) is 19.1 Å². The van der Waals surface area contributed by atoms with Crippen molar-refractivity contribution in [3.05, 3.63) is 93.0 Å². The third kappa shape index (κ3) is 5.82. The minimum atomic E-state index is -2.97. The Morgan fingerprint density at radius 3 is 2.64 bits per heavy atom. The van der Waals surface area contributed by atoms with Crippen molar-refractivity contribution in [1.29, 1.82) is 5.26 Å². The van der Waals surface area contributed by atoms with Crippen molar-refractivity contribution < 1.29 is 13.6 Å². The number of rotatable bonds is 4. The number of halogens is 4. The van der Waals surface area contributed by atoms with Gasteiger partial charge in [-0.3, -0.25) is 14.6 Å². The molecule has 1 aliphatic rings. The zero-order valence-electron chi connectivity index (χ0n) is 23.5. The molecular formula is C30H23Cl2F2N9O2. The lowest BCUT2D eigenvalue weighted by atomic mass is 9.96. The number of carbonyl (C=O) groups is 1. The summed E-state index contributed by atoms with van der Waals surface area (Å²) in [6.07, 6.45) is 6.92. The van der Waals surface area contributed by atoms with Gasteiger partial charge in [0.25, 0.3) is 5.56 Å². The number of carbonyl (C=O) groups excluding carboxylic acids is 1. The van der Waals surface area contributed by atoms with Crippen LogP contribution in [0.2, 0.25) is 10.2 Å². The van der Waals surface area contributed by atoms with Crippen LogP contribution in [-0.2, 0) is 4.79 Å². The van der Waals surface area contributed by atoms with Crippen LogP contribution in [0.1, 0.15) is 50.0 Å². The molecule has 0 fully saturated rings. The summed E-state index contributed by atoms with van der Waals surface area (Å²) in [5, 5.41) is 25.1. The Morgan fingerprint density at radius 1 is 1.09 bits per heavy atom. The maximum absolute atomic E-state index is 14.0. The lowest BCUT2D eigenvalue weighted by molar-refractivity contribution is -0.119. The second-order valence-electron chi connectivity index (χ2n) is 10.5. The van der Waals surface area contributed by atoms with E-state index in [0.717, 1.165) is 0 Å². The molecule has 1 aliphatic heterocycles. The van der Waals surface area contributed by atoms with E-state index in [4.69, 9.17) is 23.2 Å². The Labute approximate surface area is 264 Å². The Balaban J connectivity index is 1.51. The molecule has 45 heavy (non-hydrogen) atoms. The van der Waals surface area contributed by atoms with Crippen LogP contribution in [-0.4, -0.2) is 40.2 Å². The summed E-state index contributed by atoms with van der Waals surface area (Å²) >= 11 is 12.3. The predicted octanol–water partition coefficient (Wildman–Crippen LogP) is 6.28. The second kappa shape index (κ2) is 12.2. The fourth-order valence-electron chi connectivity index (χ4n) is 5.49. The number of hydrogen-bond acceptors (Lipinski definition) is 7. The number of fused-ring (bicyclic) bond motifs is 4. The molecule has 0 spiro atoms. The van der Waals surface area contributed by atoms with Gasteiger partial charge < -0.3 is 9.88 Å². The molecule has 6 rings (SSSR count). The lowest BCUT2D eigenvalue weighted by Crippen LogP contribution is -2.27. The summed E-state index contributed by atoms with van der Waals surface area (Å²) in [6.45, 7) is -1.23. The van der Waals surface area contributed by atoms with E-state index in [1.165, 1.54) is 46.2 Å². The second-order valence-corrected chi connectivity index (χ2v) is 11.4. The van der Waals surface area contributed by atoms with Crippen molar-refractivity contribution in [2.45, 2.75) is 38.8 Å². The molecule has 0 saturated carbocycles. The van der Waals surface area contributed by atoms with E-state index < -0.39 is 24.1 Å². The van der Waals surface area contributed by atoms with Gasteiger partial charge in [-0.15, -0.1) is 5.10 Å². The van der Waals surface area contributed by atoms with Gasteiger partial charge in [-0.1, -0.05) is 41.8 Å². The normalized spacial score (nSPS) is 16.8. The zero-order valence-corrected chi connectivity index (χ0v) is 25.0. The molecule has 4 aromatic heterocycles. The van der Waals surface area contributed by atoms with Gasteiger partial charge in [-0.25, -0.2) is 9.36 Å². The van der Waals surface area contributed by atoms with Crippen molar-refractivity contribution in [2.24, 2.45) is 5.92 Å². The number of nitrogens with zero attached hydrogens (tertiary/aromatic N) is 8. The highest BCUT2D eigenvalue weighted by atomic mass is 35.5. The molecule has 2 unspecified atom stereocenters. The van der Waals surface area contributed by atoms with Gasteiger partial charge in [0.2, 0.25) is 5.91 Å². The third-order valence-corrected chi connectivity index (χ3v) is 8.10. The predicted molar refractivity (Wildman–Crippen MR) is 162 cm³/mol. The van der Waals surface area contributed by atoms with Gasteiger partial charge >= 0.3 is 6.55 Å². The van der Waals surface area contributed by atoms with Crippen molar-refractivity contribution in [2.75, 3.05) is 5.32 Å². The van der Waals surface area contributed by atoms with Crippen LogP contribution in [0.5, 0.6) is 0 Å². The number of anilines is 1. The van der Waals surface area contributed by atoms with E-state index in [1.807, 2.05) is 0 Å². The molecule has 0 aliphatic carbocycles. The highest BCUT2D eigenvalue weighted by Gasteiger charge is 2.27. The molecule has 1 aromatic carbocycles. The van der Waals surface area contributed by atoms with E-state index in [0.29, 0.717) is 57.0 Å². The van der Waals surface area contributed by atoms with Gasteiger partial charge in [0, 0.05) is 46.1 Å². The standard InChI is InChI=1S/C30H23Cl2F2N9O2/c1-16-3-2-4-25(22-9-17(7-8-36-22)28-23(38-29(16)45)13-37-43(28)30(33)34)41-14-18(12-35)20(11-27(41)44)21-10-19(31)5-6-24(21)42-15-26(32)39-40-42/h5-11,13-16,25,30H,2-4H2,1H3,(H,38,45). The zero-order chi connectivity index (χ0) is 31.8. The van der Waals surface area contributed by atoms with Crippen LogP contribution < -0.4 is 10.9 Å². The van der Waals surface area contributed by atoms with Gasteiger partial charge in [0.15, 0.2) is 5.15 Å². The van der Waals surface area contributed by atoms with Crippen molar-refractivity contribution >= 4 is 34.8 Å². The molecule has 2 bridgehead atoms. The number of benzene rings is 1. The quantitative estimate of drug-likeness (QED) is 0.242. The molecule has 2 atom stereocenters. The van der Waals surface area contributed by atoms with E-state index >= 15 is 0 Å². The first kappa shape index (κ1) is 30.1. The smallest absolute Gasteiger partial charge is 0.323 e. The summed E-state index contributed by atoms with van der Waals surface area (Å²) in [5.41, 5.74) is 1.87. The van der Waals surface area contributed by atoms with Crippen LogP contribution in [0.25, 0.3) is 28.1 Å². The van der Waals surface area contributed by atoms with Crippen molar-refractivity contribution in [1.82, 2.24) is 34.3 Å². The molecular weight excluding hydrogens is 627 g/mol. The maximum Gasteiger partial charge on any atom is 0.333 e. The highest BCUT2D eigenvalue weighted by molar-refractivity contribution is 6.31. The van der Waals surface area contributed by atoms with Gasteiger partial charge in [0.1, 0.15) is 6.07 Å². The number of nitriles is 1. The fraction of sp³-hybridized carbons (Fsp3) is 0.233. The first-order valence-electron chi connectivity index (χ1n) is 13.8. The minimum absolute atomic E-state index is 0.00984. The summed E-state index contributed by atoms with van der Waals surface area (Å²) in [4.78, 5) is 31.3. The molecule has 5 heterocycles. The van der Waals surface area contributed by atoms with E-state index in [2.05, 4.69) is 31.8 Å². The molecule has 0 radical (unpaired) electrons. The molecule has 1 amide bonds. The molecule has 5 aromatic rings. The Kier molecular flexibility index (Phi) is 8.18. The summed E-state index contributed by atoms with van der Waals surface area (Å²) < 4.78 is 31.3. The van der Waals surface area contributed by atoms with Gasteiger partial charge in [-0.05, 0) is 43.2 Å². The van der Waals surface area contributed by atoms with Crippen LogP contribution in [0, 0.1) is 17.2 Å². The van der Waals surface area contributed by atoms with Crippen LogP contribution >= 0.6 is 23.2 Å². The average molecular weight is 650 g/mol. The van der Waals surface area contributed by atoms with Crippen LogP contribution in [0.3, 0.4) is 0 Å². The van der Waals surface area contributed by atoms with E-state index in [-0.39, 0.29) is 28.0 Å². The fourth-order valence-corrected chi connectivity index (χ4v) is 5.79. The summed E-state index contributed by atoms with van der Waals surface area (Å²) in [5.74, 6) is -0.796. The monoisotopic (exact) mass is 649 g/mol. The van der Waals surface area contributed by atoms with Gasteiger partial charge in [0.05, 0.1) is 46.8 Å². The Hall–Kier alpha value is -4.93. The third-order valence-electron chi connectivity index (χ3n) is 7.69. The van der Waals surface area contributed by atoms with Crippen molar-refractivity contribution in [3.8, 4) is 34.1 Å². The number of alkyl halides is 2. The molecule has 11 nitrogen and oxygen atoms in total. The van der Waals surface area contributed by atoms with Crippen molar-refractivity contribution in [3.63, 3.8) is 0 Å². The lowest BCUT2D eigenvalue weighted by Gasteiger charge is -2.23. The number of amides is 1. The molecule has 1 N–H and O–H groups in total. The molecule has 0 saturated heterocycles. The Bertz CT molecular complexity index is 2030. The van der Waals surface area contributed by atoms with Crippen LogP contribution in [0.15, 0.2) is 66.0 Å². The molecule has 15 heteroatoms. The van der Waals surface area contributed by atoms with E-state index in [9.17, 15) is 23.6 Å². The summed E-state index contributed by atoms with van der Waals surface area (Å²) in [7, 11) is 0. The first-order valence-corrected chi connectivity index (χ1v) is 14.6. The number of aromatic nitrogens is 7. The number of nitrogens with one attached hydrogen (secondary N) is 1. The van der Waals surface area contributed by atoms with E-state index in [1.54, 1.807) is 31.2 Å². The molecule has 228 valence electrons. The number of hydrogen-bond donors (Lipinski definition) is 1. The topological polar surface area (TPSA) is 136 Å². The Morgan fingerprint density at radius 2 is 1.91 bits per heavy atom. The SMILES string of the molecule is CC1CCCC(n2cc(C#N)c(-c3cc(Cl)ccc3-n3cc(Cl)nn3)cc2=O)c2cc(ccn2)-c2c(cnn2C(F)F)NC1=O. The number of pyridine rings is 2. The largest absolute Gasteiger partial charge is 0.333 e. The summed E-state index contributed by atoms with van der Waals surface area (Å²) in [6, 6.07) is 10.9. The average Bonchev–Trinajstić information content (AvgIpc) is 3.65. The van der Waals surface area contributed by atoms with Crippen LogP contribution in [0.4, 0.5) is 14.5 Å². The first-order chi connectivity index (χ1) is 21.6. The highest BCUT2D eigenvalue weighted by Crippen LogP contribution is 2.36. The minimum Gasteiger partial charge on any atom is -0.323 e.